The predicted molar refractivity (Wildman–Crippen MR) is 91.5 cm³/mol. The molecule has 25 heavy (non-hydrogen) atoms. The van der Waals surface area contributed by atoms with Crippen molar-refractivity contribution in [3.63, 3.8) is 0 Å². The van der Waals surface area contributed by atoms with E-state index in [1.807, 2.05) is 30.3 Å². The van der Waals surface area contributed by atoms with Gasteiger partial charge in [-0.3, -0.25) is 0 Å². The Balaban J connectivity index is 0.000000697. The van der Waals surface area contributed by atoms with Crippen LogP contribution in [0.3, 0.4) is 0 Å². The number of allylic oxidation sites excluding steroid dienone is 1. The molecule has 0 saturated carbocycles. The third-order valence-corrected chi connectivity index (χ3v) is 2.93. The van der Waals surface area contributed by atoms with Gasteiger partial charge in [-0.05, 0) is 17.8 Å². The Hall–Kier alpha value is -1.54. The first-order chi connectivity index (χ1) is 11.1. The summed E-state index contributed by atoms with van der Waals surface area (Å²) >= 11 is 0. The first-order valence-electron chi connectivity index (χ1n) is 6.65. The molecule has 0 aliphatic carbocycles. The molecule has 0 aromatic heterocycles. The number of benzene rings is 1. The Morgan fingerprint density at radius 3 is 2.00 bits per heavy atom. The fraction of sp³-hybridized carbons (Fsp3) is 0.286. The van der Waals surface area contributed by atoms with Crippen LogP contribution in [0.5, 0.6) is 0 Å². The predicted octanol–water partition coefficient (Wildman–Crippen LogP) is 5.77. The summed E-state index contributed by atoms with van der Waals surface area (Å²) in [4.78, 5) is 16.1. The second kappa shape index (κ2) is 8.23. The quantitative estimate of drug-likeness (QED) is 0.118. The molecule has 0 amide bonds. The van der Waals surface area contributed by atoms with E-state index in [0.717, 1.165) is 17.0 Å². The van der Waals surface area contributed by atoms with Gasteiger partial charge in [0.25, 0.3) is 0 Å². The molecule has 0 saturated heterocycles. The number of hydrogen-bond donors (Lipinski definition) is 0. The molecule has 11 heteroatoms. The van der Waals surface area contributed by atoms with E-state index in [1.54, 1.807) is 13.0 Å². The summed E-state index contributed by atoms with van der Waals surface area (Å²) in [5, 5.41) is 3.98. The minimum atomic E-state index is -10.7. The molecule has 0 heterocycles. The van der Waals surface area contributed by atoms with E-state index in [-0.39, 0.29) is 10.9 Å². The molecule has 1 aromatic carbocycles. The number of nitrogens with zero attached hydrogens (tertiary/aromatic N) is 1. The standard InChI is InChI=1S/C14H18NO2S.F6P/c1-4-8-14(16)17-15-13(11-18(2)3)12-9-6-5-7-10-12;1-7(2,3,4,5)6/h4-10H,11H2,1-3H3;/q+1;-1/b8-4+,15-13+;. The van der Waals surface area contributed by atoms with Crippen molar-refractivity contribution in [3.8, 4) is 0 Å². The Bertz CT molecular complexity index is 618. The van der Waals surface area contributed by atoms with Gasteiger partial charge >= 0.3 is 39.0 Å². The molecule has 0 bridgehead atoms. The third kappa shape index (κ3) is 18.6. The van der Waals surface area contributed by atoms with E-state index in [1.165, 1.54) is 6.08 Å². The fourth-order valence-electron chi connectivity index (χ4n) is 1.33. The molecular weight excluding hydrogens is 391 g/mol. The second-order valence-corrected chi connectivity index (χ2v) is 9.08. The zero-order chi connectivity index (χ0) is 19.8. The van der Waals surface area contributed by atoms with E-state index in [4.69, 9.17) is 4.84 Å². The summed E-state index contributed by atoms with van der Waals surface area (Å²) in [5.74, 6) is 0.352. The molecule has 0 fully saturated rings. The third-order valence-electron chi connectivity index (χ3n) is 2.08. The first-order valence-corrected chi connectivity index (χ1v) is 10.9. The van der Waals surface area contributed by atoms with E-state index in [2.05, 4.69) is 17.7 Å². The number of rotatable bonds is 5. The van der Waals surface area contributed by atoms with Crippen molar-refractivity contribution in [1.82, 2.24) is 0 Å². The molecule has 0 aliphatic heterocycles. The van der Waals surface area contributed by atoms with Crippen LogP contribution < -0.4 is 0 Å². The van der Waals surface area contributed by atoms with Gasteiger partial charge in [-0.25, -0.2) is 4.79 Å². The molecular formula is C14H18F6NO2PS. The van der Waals surface area contributed by atoms with E-state index in [9.17, 15) is 30.0 Å². The van der Waals surface area contributed by atoms with Gasteiger partial charge in [0.2, 0.25) is 0 Å². The zero-order valence-electron chi connectivity index (χ0n) is 13.6. The van der Waals surface area contributed by atoms with Crippen molar-refractivity contribution in [3.05, 3.63) is 48.0 Å². The molecule has 1 aromatic rings. The van der Waals surface area contributed by atoms with E-state index in [0.29, 0.717) is 0 Å². The van der Waals surface area contributed by atoms with Gasteiger partial charge in [-0.2, -0.15) is 0 Å². The van der Waals surface area contributed by atoms with Crippen LogP contribution in [-0.4, -0.2) is 29.9 Å². The van der Waals surface area contributed by atoms with Gasteiger partial charge in [-0.15, -0.1) is 0 Å². The normalized spacial score (nSPS) is 15.2. The summed E-state index contributed by atoms with van der Waals surface area (Å²) in [6.07, 6.45) is 7.24. The number of carbonyl (C=O) groups is 1. The zero-order valence-corrected chi connectivity index (χ0v) is 15.3. The van der Waals surface area contributed by atoms with Gasteiger partial charge in [0.15, 0.2) is 5.75 Å². The monoisotopic (exact) mass is 409 g/mol. The topological polar surface area (TPSA) is 38.7 Å². The van der Waals surface area contributed by atoms with Gasteiger partial charge in [0.05, 0.1) is 12.5 Å². The fourth-order valence-corrected chi connectivity index (χ4v) is 2.10. The van der Waals surface area contributed by atoms with Gasteiger partial charge in [-0.1, -0.05) is 41.6 Å². The van der Waals surface area contributed by atoms with Crippen molar-refractivity contribution >= 4 is 30.4 Å². The summed E-state index contributed by atoms with van der Waals surface area (Å²) in [6.45, 7) is 1.76. The Labute approximate surface area is 144 Å². The molecule has 0 unspecified atom stereocenters. The maximum absolute atomic E-state index is 11.3. The average Bonchev–Trinajstić information content (AvgIpc) is 2.41. The Morgan fingerprint density at radius 1 is 1.12 bits per heavy atom. The SMILES string of the molecule is C/C=C/C(=O)O/N=C(\C[S+](C)C)c1ccccc1.F[P-](F)(F)(F)(F)F. The van der Waals surface area contributed by atoms with Crippen molar-refractivity contribution in [2.24, 2.45) is 5.16 Å². The Morgan fingerprint density at radius 2 is 1.60 bits per heavy atom. The van der Waals surface area contributed by atoms with E-state index < -0.39 is 13.8 Å². The van der Waals surface area contributed by atoms with Crippen molar-refractivity contribution < 1.29 is 34.8 Å². The minimum absolute atomic E-state index is 0.195. The van der Waals surface area contributed by atoms with Crippen LogP contribution in [0.2, 0.25) is 0 Å². The molecule has 0 atom stereocenters. The van der Waals surface area contributed by atoms with Crippen molar-refractivity contribution in [2.75, 3.05) is 18.3 Å². The van der Waals surface area contributed by atoms with Crippen LogP contribution in [0.4, 0.5) is 25.2 Å². The Kier molecular flexibility index (Phi) is 7.72. The molecule has 0 aliphatic rings. The molecule has 3 nitrogen and oxygen atoms in total. The number of oxime groups is 1. The molecule has 0 N–H and O–H groups in total. The van der Waals surface area contributed by atoms with Crippen LogP contribution in [0.1, 0.15) is 12.5 Å². The van der Waals surface area contributed by atoms with Crippen LogP contribution in [-0.2, 0) is 20.5 Å². The van der Waals surface area contributed by atoms with Crippen LogP contribution in [0, 0.1) is 0 Å². The van der Waals surface area contributed by atoms with Crippen LogP contribution in [0.25, 0.3) is 0 Å². The summed E-state index contributed by atoms with van der Waals surface area (Å²) in [5.41, 5.74) is 1.80. The van der Waals surface area contributed by atoms with Gasteiger partial charge in [0.1, 0.15) is 5.71 Å². The molecule has 144 valence electrons. The van der Waals surface area contributed by atoms with Gasteiger partial charge in [0, 0.05) is 11.6 Å². The number of halogens is 6. The first kappa shape index (κ1) is 23.5. The average molecular weight is 409 g/mol. The van der Waals surface area contributed by atoms with Crippen LogP contribution >= 0.6 is 7.81 Å². The van der Waals surface area contributed by atoms with Crippen molar-refractivity contribution in [2.45, 2.75) is 6.92 Å². The van der Waals surface area contributed by atoms with E-state index >= 15 is 0 Å². The van der Waals surface area contributed by atoms with Gasteiger partial charge < -0.3 is 4.84 Å². The summed E-state index contributed by atoms with van der Waals surface area (Å²) < 4.78 is 59.2. The summed E-state index contributed by atoms with van der Waals surface area (Å²) in [6, 6.07) is 9.78. The number of carbonyl (C=O) groups excluding carboxylic acids is 1. The number of hydrogen-bond acceptors (Lipinski definition) is 3. The molecule has 1 rings (SSSR count). The van der Waals surface area contributed by atoms with Crippen LogP contribution in [0.15, 0.2) is 47.6 Å². The van der Waals surface area contributed by atoms with Crippen molar-refractivity contribution in [1.29, 1.82) is 0 Å². The summed E-state index contributed by atoms with van der Waals surface area (Å²) in [7, 11) is -10.5. The second-order valence-electron chi connectivity index (χ2n) is 4.90. The molecule has 0 radical (unpaired) electrons. The molecule has 0 spiro atoms. The maximum atomic E-state index is 11.3.